The Bertz CT molecular complexity index is 183. The van der Waals surface area contributed by atoms with Gasteiger partial charge < -0.3 is 14.6 Å². The zero-order valence-electron chi connectivity index (χ0n) is 7.59. The summed E-state index contributed by atoms with van der Waals surface area (Å²) in [6.45, 7) is 3.91. The Morgan fingerprint density at radius 1 is 1.42 bits per heavy atom. The molecule has 0 aromatic heterocycles. The summed E-state index contributed by atoms with van der Waals surface area (Å²) in [4.78, 5) is 10.6. The summed E-state index contributed by atoms with van der Waals surface area (Å²) in [6, 6.07) is 0. The second-order valence-electron chi connectivity index (χ2n) is 2.06. The molecule has 0 unspecified atom stereocenters. The van der Waals surface area contributed by atoms with Gasteiger partial charge in [-0.3, -0.25) is 0 Å². The van der Waals surface area contributed by atoms with E-state index >= 15 is 0 Å². The van der Waals surface area contributed by atoms with Gasteiger partial charge >= 0.3 is 5.97 Å². The van der Waals surface area contributed by atoms with Crippen LogP contribution in [0, 0.1) is 0 Å². The minimum atomic E-state index is -0.997. The van der Waals surface area contributed by atoms with Crippen molar-refractivity contribution in [1.82, 2.24) is 0 Å². The third kappa shape index (κ3) is 2.82. The van der Waals surface area contributed by atoms with Crippen LogP contribution in [0.5, 0.6) is 0 Å². The van der Waals surface area contributed by atoms with Crippen LogP contribution in [0.3, 0.4) is 0 Å². The van der Waals surface area contributed by atoms with Crippen molar-refractivity contribution in [2.24, 2.45) is 0 Å². The molecule has 0 radical (unpaired) electrons. The van der Waals surface area contributed by atoms with Crippen LogP contribution in [0.15, 0.2) is 11.5 Å². The molecule has 0 aliphatic carbocycles. The van der Waals surface area contributed by atoms with Gasteiger partial charge in [0, 0.05) is 0 Å². The van der Waals surface area contributed by atoms with Crippen molar-refractivity contribution in [2.45, 2.75) is 20.3 Å². The minimum Gasteiger partial charge on any atom is -0.478 e. The van der Waals surface area contributed by atoms with Crippen LogP contribution < -0.4 is 0 Å². The highest BCUT2D eigenvalue weighted by Gasteiger charge is 2.13. The van der Waals surface area contributed by atoms with Gasteiger partial charge in [0.05, 0.1) is 13.7 Å². The fourth-order valence-corrected chi connectivity index (χ4v) is 0.783. The summed E-state index contributed by atoms with van der Waals surface area (Å²) in [7, 11) is 1.39. The lowest BCUT2D eigenvalue weighted by atomic mass is 10.2. The van der Waals surface area contributed by atoms with E-state index in [0.717, 1.165) is 0 Å². The van der Waals surface area contributed by atoms with Crippen LogP contribution in [0.25, 0.3) is 0 Å². The first-order valence-electron chi connectivity index (χ1n) is 3.80. The molecule has 0 aromatic carbocycles. The summed E-state index contributed by atoms with van der Waals surface area (Å²) < 4.78 is 9.76. The maximum Gasteiger partial charge on any atom is 0.338 e. The first-order chi connectivity index (χ1) is 5.67. The number of hydrogen-bond donors (Lipinski definition) is 1. The number of hydrogen-bond acceptors (Lipinski definition) is 3. The second kappa shape index (κ2) is 5.46. The van der Waals surface area contributed by atoms with Gasteiger partial charge in [0.15, 0.2) is 0 Å². The van der Waals surface area contributed by atoms with E-state index in [0.29, 0.717) is 13.0 Å². The molecular formula is C8H14O4. The fourth-order valence-electron chi connectivity index (χ4n) is 0.783. The molecule has 70 valence electrons. The molecule has 0 aliphatic rings. The van der Waals surface area contributed by atoms with Crippen LogP contribution in [0.4, 0.5) is 0 Å². The molecule has 4 heteroatoms. The van der Waals surface area contributed by atoms with E-state index < -0.39 is 5.97 Å². The average Bonchev–Trinajstić information content (AvgIpc) is 2.03. The summed E-state index contributed by atoms with van der Waals surface area (Å²) in [5.74, 6) is -0.893. The van der Waals surface area contributed by atoms with Gasteiger partial charge in [0.2, 0.25) is 0 Å². The highest BCUT2D eigenvalue weighted by Crippen LogP contribution is 2.10. The zero-order valence-corrected chi connectivity index (χ0v) is 7.59. The molecule has 0 saturated heterocycles. The fraction of sp³-hybridized carbons (Fsp3) is 0.625. The van der Waals surface area contributed by atoms with Crippen molar-refractivity contribution in [3.8, 4) is 0 Å². The summed E-state index contributed by atoms with van der Waals surface area (Å²) in [5.41, 5.74) is 0.166. The Balaban J connectivity index is 4.61. The number of ether oxygens (including phenoxy) is 2. The smallest absolute Gasteiger partial charge is 0.338 e. The molecule has 0 spiro atoms. The van der Waals surface area contributed by atoms with E-state index in [1.54, 1.807) is 13.8 Å². The van der Waals surface area contributed by atoms with Crippen LogP contribution in [-0.2, 0) is 14.3 Å². The number of carbonyl (C=O) groups is 1. The van der Waals surface area contributed by atoms with E-state index in [4.69, 9.17) is 14.6 Å². The highest BCUT2D eigenvalue weighted by molar-refractivity contribution is 5.86. The number of methoxy groups -OCH3 is 1. The number of rotatable bonds is 5. The molecule has 4 nitrogen and oxygen atoms in total. The number of aliphatic carboxylic acids is 1. The van der Waals surface area contributed by atoms with Crippen molar-refractivity contribution < 1.29 is 19.4 Å². The summed E-state index contributed by atoms with van der Waals surface area (Å²) in [5, 5.41) is 8.68. The molecule has 0 amide bonds. The molecule has 0 rings (SSSR count). The number of carboxylic acid groups (broad SMARTS) is 1. The van der Waals surface area contributed by atoms with Gasteiger partial charge in [-0.2, -0.15) is 0 Å². The van der Waals surface area contributed by atoms with E-state index in [1.807, 2.05) is 0 Å². The Labute approximate surface area is 71.8 Å². The molecule has 0 saturated carbocycles. The van der Waals surface area contributed by atoms with Gasteiger partial charge in [0.1, 0.15) is 5.57 Å². The second-order valence-corrected chi connectivity index (χ2v) is 2.06. The van der Waals surface area contributed by atoms with Gasteiger partial charge in [-0.1, -0.05) is 6.92 Å². The summed E-state index contributed by atoms with van der Waals surface area (Å²) >= 11 is 0. The normalized spacial score (nSPS) is 11.9. The lowest BCUT2D eigenvalue weighted by Crippen LogP contribution is -2.07. The lowest BCUT2D eigenvalue weighted by Gasteiger charge is -2.09. The minimum absolute atomic E-state index is 0.104. The lowest BCUT2D eigenvalue weighted by molar-refractivity contribution is -0.133. The largest absolute Gasteiger partial charge is 0.478 e. The van der Waals surface area contributed by atoms with E-state index in [-0.39, 0.29) is 11.5 Å². The van der Waals surface area contributed by atoms with Crippen LogP contribution in [0.1, 0.15) is 20.3 Å². The first kappa shape index (κ1) is 10.8. The predicted molar refractivity (Wildman–Crippen MR) is 43.6 cm³/mol. The molecular weight excluding hydrogens is 160 g/mol. The van der Waals surface area contributed by atoms with Gasteiger partial charge in [-0.05, 0) is 13.3 Å². The van der Waals surface area contributed by atoms with Crippen molar-refractivity contribution in [3.05, 3.63) is 11.5 Å². The monoisotopic (exact) mass is 174 g/mol. The third-order valence-electron chi connectivity index (χ3n) is 1.32. The Hall–Kier alpha value is -1.19. The Morgan fingerprint density at radius 3 is 2.25 bits per heavy atom. The Morgan fingerprint density at radius 2 is 2.00 bits per heavy atom. The van der Waals surface area contributed by atoms with Crippen molar-refractivity contribution in [2.75, 3.05) is 13.7 Å². The van der Waals surface area contributed by atoms with Crippen LogP contribution in [0.2, 0.25) is 0 Å². The molecule has 0 bridgehead atoms. The van der Waals surface area contributed by atoms with Crippen LogP contribution in [-0.4, -0.2) is 24.8 Å². The van der Waals surface area contributed by atoms with Gasteiger partial charge in [-0.25, -0.2) is 4.79 Å². The molecule has 0 aromatic rings. The highest BCUT2D eigenvalue weighted by atomic mass is 16.7. The summed E-state index contributed by atoms with van der Waals surface area (Å²) in [6.07, 6.45) is 0.387. The third-order valence-corrected chi connectivity index (χ3v) is 1.32. The standard InChI is InChI=1S/C8H14O4/c1-4-6(7(9)10)8(11-3)12-5-2/h4-5H2,1-3H3,(H,9,10). The van der Waals surface area contributed by atoms with Crippen molar-refractivity contribution in [3.63, 3.8) is 0 Å². The SMILES string of the molecule is CCOC(OC)=C(CC)C(=O)O. The van der Waals surface area contributed by atoms with Crippen LogP contribution >= 0.6 is 0 Å². The molecule has 12 heavy (non-hydrogen) atoms. The first-order valence-corrected chi connectivity index (χ1v) is 3.80. The molecule has 0 aliphatic heterocycles. The molecule has 0 heterocycles. The van der Waals surface area contributed by atoms with E-state index in [1.165, 1.54) is 7.11 Å². The van der Waals surface area contributed by atoms with Crippen molar-refractivity contribution in [1.29, 1.82) is 0 Å². The quantitative estimate of drug-likeness (QED) is 0.505. The molecule has 0 fully saturated rings. The molecule has 0 atom stereocenters. The van der Waals surface area contributed by atoms with Gasteiger partial charge in [-0.15, -0.1) is 0 Å². The average molecular weight is 174 g/mol. The topological polar surface area (TPSA) is 55.8 Å². The van der Waals surface area contributed by atoms with E-state index in [2.05, 4.69) is 0 Å². The number of carboxylic acids is 1. The predicted octanol–water partition coefficient (Wildman–Crippen LogP) is 1.38. The zero-order chi connectivity index (χ0) is 9.56. The van der Waals surface area contributed by atoms with Gasteiger partial charge in [0.25, 0.3) is 5.95 Å². The van der Waals surface area contributed by atoms with E-state index in [9.17, 15) is 4.79 Å². The Kier molecular flexibility index (Phi) is 4.92. The maximum atomic E-state index is 10.6. The molecule has 1 N–H and O–H groups in total. The maximum absolute atomic E-state index is 10.6. The van der Waals surface area contributed by atoms with Crippen molar-refractivity contribution >= 4 is 5.97 Å².